The number of nitrogens with two attached hydrogens (primary N) is 1. The van der Waals surface area contributed by atoms with Gasteiger partial charge in [0.15, 0.2) is 0 Å². The van der Waals surface area contributed by atoms with E-state index in [9.17, 15) is 13.2 Å². The Morgan fingerprint density at radius 1 is 1.17 bits per heavy atom. The molecule has 24 heavy (non-hydrogen) atoms. The van der Waals surface area contributed by atoms with Gasteiger partial charge < -0.3 is 10.6 Å². The highest BCUT2D eigenvalue weighted by atomic mass is 32.2. The first-order valence-electron chi connectivity index (χ1n) is 8.63. The molecule has 0 aromatic heterocycles. The maximum Gasteiger partial charge on any atom is 0.253 e. The standard InChI is InChI=1S/C17H25N3O3S/c18-14-6-4-10-20(12-14)17(21)13-5-3-9-16(11-13)24(22,23)19-15-7-1-2-8-15/h3,5,9,11,14-15,19H,1-2,4,6-8,10,12,18H2. The van der Waals surface area contributed by atoms with Crippen molar-refractivity contribution in [1.82, 2.24) is 9.62 Å². The minimum atomic E-state index is -3.59. The highest BCUT2D eigenvalue weighted by Crippen LogP contribution is 2.21. The van der Waals surface area contributed by atoms with Crippen LogP contribution in [0.4, 0.5) is 0 Å². The summed E-state index contributed by atoms with van der Waals surface area (Å²) in [6, 6.07) is 6.31. The van der Waals surface area contributed by atoms with Crippen LogP contribution in [0.1, 0.15) is 48.9 Å². The van der Waals surface area contributed by atoms with Gasteiger partial charge in [0.25, 0.3) is 5.91 Å². The van der Waals surface area contributed by atoms with Crippen molar-refractivity contribution >= 4 is 15.9 Å². The van der Waals surface area contributed by atoms with Crippen molar-refractivity contribution in [1.29, 1.82) is 0 Å². The Labute approximate surface area is 143 Å². The Bertz CT molecular complexity index is 699. The number of benzene rings is 1. The molecule has 0 spiro atoms. The number of hydrogen-bond donors (Lipinski definition) is 2. The molecule has 3 rings (SSSR count). The summed E-state index contributed by atoms with van der Waals surface area (Å²) in [6.45, 7) is 1.19. The number of carbonyl (C=O) groups is 1. The van der Waals surface area contributed by atoms with Gasteiger partial charge in [-0.3, -0.25) is 4.79 Å². The lowest BCUT2D eigenvalue weighted by Gasteiger charge is -2.30. The zero-order chi connectivity index (χ0) is 17.2. The molecule has 1 aromatic carbocycles. The van der Waals surface area contributed by atoms with Gasteiger partial charge in [-0.15, -0.1) is 0 Å². The summed E-state index contributed by atoms with van der Waals surface area (Å²) in [5.74, 6) is -0.150. The third-order valence-electron chi connectivity index (χ3n) is 4.81. The van der Waals surface area contributed by atoms with E-state index >= 15 is 0 Å². The largest absolute Gasteiger partial charge is 0.337 e. The molecule has 1 aliphatic carbocycles. The van der Waals surface area contributed by atoms with Crippen molar-refractivity contribution < 1.29 is 13.2 Å². The molecule has 3 N–H and O–H groups in total. The van der Waals surface area contributed by atoms with Crippen LogP contribution >= 0.6 is 0 Å². The van der Waals surface area contributed by atoms with Gasteiger partial charge in [-0.1, -0.05) is 18.9 Å². The van der Waals surface area contributed by atoms with Crippen molar-refractivity contribution in [2.24, 2.45) is 5.73 Å². The molecule has 1 atom stereocenters. The van der Waals surface area contributed by atoms with E-state index in [0.29, 0.717) is 18.7 Å². The van der Waals surface area contributed by atoms with Gasteiger partial charge >= 0.3 is 0 Å². The lowest BCUT2D eigenvalue weighted by Crippen LogP contribution is -2.45. The van der Waals surface area contributed by atoms with Crippen molar-refractivity contribution in [3.8, 4) is 0 Å². The second-order valence-corrected chi connectivity index (χ2v) is 8.50. The van der Waals surface area contributed by atoms with Crippen molar-refractivity contribution in [2.45, 2.75) is 55.5 Å². The van der Waals surface area contributed by atoms with Crippen LogP contribution < -0.4 is 10.5 Å². The molecule has 1 aliphatic heterocycles. The second kappa shape index (κ2) is 7.21. The van der Waals surface area contributed by atoms with Crippen LogP contribution in [0.15, 0.2) is 29.2 Å². The molecule has 0 radical (unpaired) electrons. The minimum Gasteiger partial charge on any atom is -0.337 e. The number of likely N-dealkylation sites (tertiary alicyclic amines) is 1. The molecule has 1 heterocycles. The number of nitrogens with zero attached hydrogens (tertiary/aromatic N) is 1. The van der Waals surface area contributed by atoms with Gasteiger partial charge in [-0.05, 0) is 43.9 Å². The lowest BCUT2D eigenvalue weighted by molar-refractivity contribution is 0.0708. The maximum atomic E-state index is 12.6. The Hall–Kier alpha value is -1.44. The van der Waals surface area contributed by atoms with Crippen LogP contribution in [0.25, 0.3) is 0 Å². The highest BCUT2D eigenvalue weighted by molar-refractivity contribution is 7.89. The predicted molar refractivity (Wildman–Crippen MR) is 92.1 cm³/mol. The van der Waals surface area contributed by atoms with Crippen LogP contribution in [0.2, 0.25) is 0 Å². The fourth-order valence-corrected chi connectivity index (χ4v) is 4.85. The number of amides is 1. The molecule has 1 saturated carbocycles. The highest BCUT2D eigenvalue weighted by Gasteiger charge is 2.26. The van der Waals surface area contributed by atoms with Gasteiger partial charge in [-0.25, -0.2) is 13.1 Å². The normalized spacial score (nSPS) is 22.7. The van der Waals surface area contributed by atoms with Gasteiger partial charge in [-0.2, -0.15) is 0 Å². The quantitative estimate of drug-likeness (QED) is 0.859. The molecule has 1 aromatic rings. The Morgan fingerprint density at radius 3 is 2.62 bits per heavy atom. The first-order chi connectivity index (χ1) is 11.5. The molecule has 2 aliphatic rings. The molecule has 1 amide bonds. The van der Waals surface area contributed by atoms with E-state index in [1.165, 1.54) is 12.1 Å². The van der Waals surface area contributed by atoms with Crippen LogP contribution in [-0.2, 0) is 10.0 Å². The van der Waals surface area contributed by atoms with E-state index in [-0.39, 0.29) is 22.9 Å². The first kappa shape index (κ1) is 17.4. The molecule has 1 unspecified atom stereocenters. The van der Waals surface area contributed by atoms with E-state index in [1.54, 1.807) is 17.0 Å². The average molecular weight is 351 g/mol. The van der Waals surface area contributed by atoms with Crippen LogP contribution in [0.3, 0.4) is 0 Å². The summed E-state index contributed by atoms with van der Waals surface area (Å²) in [5.41, 5.74) is 6.33. The first-order valence-corrected chi connectivity index (χ1v) is 10.1. The Morgan fingerprint density at radius 2 is 1.92 bits per heavy atom. The van der Waals surface area contributed by atoms with Gasteiger partial charge in [0, 0.05) is 30.7 Å². The third-order valence-corrected chi connectivity index (χ3v) is 6.33. The summed E-state index contributed by atoms with van der Waals surface area (Å²) in [5, 5.41) is 0. The fourth-order valence-electron chi connectivity index (χ4n) is 3.50. The zero-order valence-corrected chi connectivity index (χ0v) is 14.6. The van der Waals surface area contributed by atoms with Crippen molar-refractivity contribution in [3.63, 3.8) is 0 Å². The van der Waals surface area contributed by atoms with E-state index in [1.807, 2.05) is 0 Å². The smallest absolute Gasteiger partial charge is 0.253 e. The summed E-state index contributed by atoms with van der Waals surface area (Å²) >= 11 is 0. The molecular weight excluding hydrogens is 326 g/mol. The fraction of sp³-hybridized carbons (Fsp3) is 0.588. The summed E-state index contributed by atoms with van der Waals surface area (Å²) < 4.78 is 27.8. The number of sulfonamides is 1. The molecule has 0 bridgehead atoms. The van der Waals surface area contributed by atoms with Gasteiger partial charge in [0.05, 0.1) is 4.90 Å². The topological polar surface area (TPSA) is 92.5 Å². The molecule has 132 valence electrons. The van der Waals surface area contributed by atoms with Gasteiger partial charge in [0.1, 0.15) is 0 Å². The number of nitrogens with one attached hydrogen (secondary N) is 1. The number of carbonyl (C=O) groups excluding carboxylic acids is 1. The van der Waals surface area contributed by atoms with Gasteiger partial charge in [0.2, 0.25) is 10.0 Å². The summed E-state index contributed by atoms with van der Waals surface area (Å²) in [6.07, 6.45) is 5.67. The van der Waals surface area contributed by atoms with Crippen LogP contribution in [0, 0.1) is 0 Å². The van der Waals surface area contributed by atoms with E-state index < -0.39 is 10.0 Å². The molecule has 7 heteroatoms. The molecular formula is C17H25N3O3S. The van der Waals surface area contributed by atoms with E-state index in [2.05, 4.69) is 4.72 Å². The number of rotatable bonds is 4. The van der Waals surface area contributed by atoms with Crippen molar-refractivity contribution in [3.05, 3.63) is 29.8 Å². The van der Waals surface area contributed by atoms with Crippen molar-refractivity contribution in [2.75, 3.05) is 13.1 Å². The third kappa shape index (κ3) is 3.96. The SMILES string of the molecule is NC1CCCN(C(=O)c2cccc(S(=O)(=O)NC3CCCC3)c2)C1. The number of hydrogen-bond acceptors (Lipinski definition) is 4. The number of piperidine rings is 1. The van der Waals surface area contributed by atoms with E-state index in [0.717, 1.165) is 38.5 Å². The van der Waals surface area contributed by atoms with E-state index in [4.69, 9.17) is 5.73 Å². The monoisotopic (exact) mass is 351 g/mol. The maximum absolute atomic E-state index is 12.6. The zero-order valence-electron chi connectivity index (χ0n) is 13.8. The minimum absolute atomic E-state index is 0.00125. The predicted octanol–water partition coefficient (Wildman–Crippen LogP) is 1.47. The summed E-state index contributed by atoms with van der Waals surface area (Å²) in [4.78, 5) is 14.5. The lowest BCUT2D eigenvalue weighted by atomic mass is 10.1. The average Bonchev–Trinajstić information content (AvgIpc) is 3.06. The Kier molecular flexibility index (Phi) is 5.22. The molecule has 6 nitrogen and oxygen atoms in total. The second-order valence-electron chi connectivity index (χ2n) is 6.78. The Balaban J connectivity index is 1.76. The van der Waals surface area contributed by atoms with Crippen LogP contribution in [0.5, 0.6) is 0 Å². The summed E-state index contributed by atoms with van der Waals surface area (Å²) in [7, 11) is -3.59. The van der Waals surface area contributed by atoms with Crippen LogP contribution in [-0.4, -0.2) is 44.4 Å². The molecule has 1 saturated heterocycles. The molecule has 2 fully saturated rings.